The number of ether oxygens (including phenoxy) is 2. The van der Waals surface area contributed by atoms with Crippen LogP contribution < -0.4 is 0 Å². The Morgan fingerprint density at radius 3 is 2.63 bits per heavy atom. The minimum atomic E-state index is -0.188. The van der Waals surface area contributed by atoms with Gasteiger partial charge in [-0.25, -0.2) is 4.79 Å². The molecule has 1 aromatic heterocycles. The van der Waals surface area contributed by atoms with Crippen molar-refractivity contribution in [3.05, 3.63) is 69.5 Å². The first kappa shape index (κ1) is 24.3. The third-order valence-corrected chi connectivity index (χ3v) is 7.54. The van der Waals surface area contributed by atoms with Crippen LogP contribution in [-0.2, 0) is 22.3 Å². The van der Waals surface area contributed by atoms with E-state index in [1.54, 1.807) is 0 Å². The molecular formula is C28H34ClN3O3. The second-order valence-electron chi connectivity index (χ2n) is 9.55. The van der Waals surface area contributed by atoms with Crippen molar-refractivity contribution < 1.29 is 14.3 Å². The van der Waals surface area contributed by atoms with Crippen LogP contribution in [-0.4, -0.2) is 73.4 Å². The smallest absolute Gasteiger partial charge is 0.409 e. The molecule has 0 unspecified atom stereocenters. The second kappa shape index (κ2) is 11.5. The number of likely N-dealkylation sites (tertiary alicyclic amines) is 1. The highest BCUT2D eigenvalue weighted by atomic mass is 35.5. The summed E-state index contributed by atoms with van der Waals surface area (Å²) in [5.74, 6) is 0. The molecule has 0 spiro atoms. The third kappa shape index (κ3) is 5.88. The van der Waals surface area contributed by atoms with Gasteiger partial charge in [0.05, 0.1) is 25.5 Å². The molecule has 0 saturated carbocycles. The number of carbonyl (C=O) groups excluding carboxylic acids is 1. The summed E-state index contributed by atoms with van der Waals surface area (Å²) in [5, 5.41) is 0.773. The van der Waals surface area contributed by atoms with Gasteiger partial charge in [-0.05, 0) is 80.0 Å². The van der Waals surface area contributed by atoms with E-state index in [9.17, 15) is 4.79 Å². The molecule has 1 aromatic carbocycles. The molecular weight excluding hydrogens is 462 g/mol. The van der Waals surface area contributed by atoms with Crippen LogP contribution in [0.2, 0.25) is 5.02 Å². The lowest BCUT2D eigenvalue weighted by atomic mass is 9.88. The number of aryl methyl sites for hydroxylation is 2. The van der Waals surface area contributed by atoms with E-state index < -0.39 is 0 Å². The Morgan fingerprint density at radius 2 is 1.80 bits per heavy atom. The van der Waals surface area contributed by atoms with E-state index in [1.807, 2.05) is 23.2 Å². The van der Waals surface area contributed by atoms with E-state index in [-0.39, 0.29) is 6.09 Å². The number of fused-ring (bicyclic) bond motifs is 2. The highest BCUT2D eigenvalue weighted by molar-refractivity contribution is 6.30. The number of piperidine rings is 1. The zero-order valence-corrected chi connectivity index (χ0v) is 21.1. The van der Waals surface area contributed by atoms with Crippen LogP contribution in [0.15, 0.2) is 42.1 Å². The molecule has 2 saturated heterocycles. The predicted octanol–water partition coefficient (Wildman–Crippen LogP) is 4.98. The van der Waals surface area contributed by atoms with Gasteiger partial charge in [0.25, 0.3) is 0 Å². The average Bonchev–Trinajstić information content (AvgIpc) is 3.06. The minimum absolute atomic E-state index is 0.188. The number of benzene rings is 1. The Kier molecular flexibility index (Phi) is 8.02. The van der Waals surface area contributed by atoms with Crippen molar-refractivity contribution in [2.24, 2.45) is 0 Å². The zero-order chi connectivity index (χ0) is 24.0. The molecule has 2 fully saturated rings. The maximum absolute atomic E-state index is 12.7. The fraction of sp³-hybridized carbons (Fsp3) is 0.500. The van der Waals surface area contributed by atoms with Crippen LogP contribution in [0.5, 0.6) is 0 Å². The third-order valence-electron chi connectivity index (χ3n) is 7.31. The number of unbranched alkanes of at least 4 members (excludes halogenated alkanes) is 1. The maximum Gasteiger partial charge on any atom is 0.409 e. The first-order valence-corrected chi connectivity index (χ1v) is 13.2. The minimum Gasteiger partial charge on any atom is -0.449 e. The Bertz CT molecular complexity index is 1070. The lowest BCUT2D eigenvalue weighted by molar-refractivity contribution is 0.0361. The number of hydrogen-bond donors (Lipinski definition) is 0. The number of hydrogen-bond acceptors (Lipinski definition) is 5. The van der Waals surface area contributed by atoms with Gasteiger partial charge in [-0.15, -0.1) is 0 Å². The Labute approximate surface area is 212 Å². The molecule has 3 aliphatic rings. The molecule has 6 nitrogen and oxygen atoms in total. The van der Waals surface area contributed by atoms with Crippen molar-refractivity contribution in [3.63, 3.8) is 0 Å². The number of amides is 1. The molecule has 1 amide bonds. The van der Waals surface area contributed by atoms with Gasteiger partial charge in [0.15, 0.2) is 0 Å². The molecule has 186 valence electrons. The summed E-state index contributed by atoms with van der Waals surface area (Å²) in [4.78, 5) is 21.7. The Morgan fingerprint density at radius 1 is 1.00 bits per heavy atom. The molecule has 0 atom stereocenters. The summed E-state index contributed by atoms with van der Waals surface area (Å²) >= 11 is 6.33. The topological polar surface area (TPSA) is 54.9 Å². The number of nitrogens with zero attached hydrogens (tertiary/aromatic N) is 3. The quantitative estimate of drug-likeness (QED) is 0.547. The Hall–Kier alpha value is -2.41. The van der Waals surface area contributed by atoms with Crippen molar-refractivity contribution in [3.8, 4) is 0 Å². The van der Waals surface area contributed by atoms with E-state index in [1.165, 1.54) is 27.8 Å². The fourth-order valence-corrected chi connectivity index (χ4v) is 5.55. The van der Waals surface area contributed by atoms with E-state index in [2.05, 4.69) is 23.1 Å². The van der Waals surface area contributed by atoms with Crippen molar-refractivity contribution in [1.29, 1.82) is 0 Å². The number of morpholine rings is 1. The summed E-state index contributed by atoms with van der Waals surface area (Å²) in [6.07, 6.45) is 7.21. The number of aromatic nitrogens is 1. The molecule has 1 aliphatic carbocycles. The van der Waals surface area contributed by atoms with E-state index in [4.69, 9.17) is 26.1 Å². The summed E-state index contributed by atoms with van der Waals surface area (Å²) in [7, 11) is 0. The van der Waals surface area contributed by atoms with Gasteiger partial charge in [-0.2, -0.15) is 0 Å². The summed E-state index contributed by atoms with van der Waals surface area (Å²) in [5.41, 5.74) is 7.47. The second-order valence-corrected chi connectivity index (χ2v) is 9.99. The average molecular weight is 496 g/mol. The van der Waals surface area contributed by atoms with Crippen LogP contribution in [0.1, 0.15) is 48.1 Å². The summed E-state index contributed by atoms with van der Waals surface area (Å²) in [6.45, 7) is 6.54. The fourth-order valence-electron chi connectivity index (χ4n) is 5.36. The zero-order valence-electron chi connectivity index (χ0n) is 20.3. The maximum atomic E-state index is 12.7. The highest BCUT2D eigenvalue weighted by Crippen LogP contribution is 2.38. The SMILES string of the molecule is O=C(OCCCCN1CCOCC1)N1CCC(=C2c3ccc(Cl)cc3CCc3cccnc32)CC1. The first-order valence-electron chi connectivity index (χ1n) is 12.9. The van der Waals surface area contributed by atoms with Gasteiger partial charge < -0.3 is 14.4 Å². The molecule has 7 heteroatoms. The van der Waals surface area contributed by atoms with Gasteiger partial charge in [-0.1, -0.05) is 29.3 Å². The number of pyridine rings is 1. The molecule has 3 heterocycles. The molecule has 2 aliphatic heterocycles. The monoisotopic (exact) mass is 495 g/mol. The van der Waals surface area contributed by atoms with Crippen LogP contribution in [0.3, 0.4) is 0 Å². The standard InChI is InChI=1S/C28H34ClN3O3/c29-24-7-8-25-23(20-24)6-5-22-4-3-11-30-27(22)26(25)21-9-13-32(14-10-21)28(33)35-17-2-1-12-31-15-18-34-19-16-31/h3-4,7-8,11,20H,1-2,5-6,9-10,12-19H2. The van der Waals surface area contributed by atoms with Gasteiger partial charge >= 0.3 is 6.09 Å². The Balaban J connectivity index is 1.20. The van der Waals surface area contributed by atoms with Crippen LogP contribution in [0.25, 0.3) is 5.57 Å². The normalized spacial score (nSPS) is 18.6. The van der Waals surface area contributed by atoms with Crippen LogP contribution >= 0.6 is 11.6 Å². The number of halogens is 1. The van der Waals surface area contributed by atoms with Crippen molar-refractivity contribution in [2.45, 2.75) is 38.5 Å². The van der Waals surface area contributed by atoms with Crippen molar-refractivity contribution in [1.82, 2.24) is 14.8 Å². The van der Waals surface area contributed by atoms with Gasteiger partial charge in [-0.3, -0.25) is 9.88 Å². The molecule has 35 heavy (non-hydrogen) atoms. The van der Waals surface area contributed by atoms with Crippen LogP contribution in [0, 0.1) is 0 Å². The van der Waals surface area contributed by atoms with Crippen LogP contribution in [0.4, 0.5) is 4.79 Å². The van der Waals surface area contributed by atoms with Gasteiger partial charge in [0, 0.05) is 43.0 Å². The number of rotatable bonds is 5. The van der Waals surface area contributed by atoms with E-state index in [0.29, 0.717) is 19.7 Å². The molecule has 0 N–H and O–H groups in total. The van der Waals surface area contributed by atoms with E-state index in [0.717, 1.165) is 82.1 Å². The van der Waals surface area contributed by atoms with Gasteiger partial charge in [0.1, 0.15) is 0 Å². The summed E-state index contributed by atoms with van der Waals surface area (Å²) in [6, 6.07) is 10.4. The van der Waals surface area contributed by atoms with Crippen molar-refractivity contribution in [2.75, 3.05) is 52.5 Å². The predicted molar refractivity (Wildman–Crippen MR) is 138 cm³/mol. The summed E-state index contributed by atoms with van der Waals surface area (Å²) < 4.78 is 11.0. The molecule has 0 radical (unpaired) electrons. The van der Waals surface area contributed by atoms with Gasteiger partial charge in [0.2, 0.25) is 0 Å². The lowest BCUT2D eigenvalue weighted by Gasteiger charge is -2.30. The number of carbonyl (C=O) groups is 1. The molecule has 0 bridgehead atoms. The molecule has 5 rings (SSSR count). The molecule has 2 aromatic rings. The highest BCUT2D eigenvalue weighted by Gasteiger charge is 2.27. The van der Waals surface area contributed by atoms with E-state index >= 15 is 0 Å². The lowest BCUT2D eigenvalue weighted by Crippen LogP contribution is -2.37. The first-order chi connectivity index (χ1) is 17.2. The van der Waals surface area contributed by atoms with Crippen molar-refractivity contribution >= 4 is 23.3 Å². The largest absolute Gasteiger partial charge is 0.449 e.